The molecule has 0 radical (unpaired) electrons. The number of hydrogen-bond acceptors (Lipinski definition) is 3. The van der Waals surface area contributed by atoms with Crippen LogP contribution >= 0.6 is 0 Å². The van der Waals surface area contributed by atoms with Gasteiger partial charge in [0.2, 0.25) is 0 Å². The number of benzene rings is 1. The molecule has 2 unspecified atom stereocenters. The van der Waals surface area contributed by atoms with Crippen LogP contribution in [0.2, 0.25) is 0 Å². The molecule has 0 aliphatic carbocycles. The zero-order chi connectivity index (χ0) is 14.4. The summed E-state index contributed by atoms with van der Waals surface area (Å²) in [4.78, 5) is 10.5. The molecule has 19 heavy (non-hydrogen) atoms. The van der Waals surface area contributed by atoms with E-state index in [1.807, 2.05) is 13.8 Å². The van der Waals surface area contributed by atoms with Gasteiger partial charge in [-0.3, -0.25) is 4.79 Å². The summed E-state index contributed by atoms with van der Waals surface area (Å²) in [6.07, 6.45) is 0.637. The summed E-state index contributed by atoms with van der Waals surface area (Å²) in [5.41, 5.74) is 0.727. The Balaban J connectivity index is 2.69. The Morgan fingerprint density at radius 2 is 2.16 bits per heavy atom. The SMILES string of the molecule is COc1ccc(F)cc1C(C)NC(C)CCC(=O)O. The number of hydrogen-bond donors (Lipinski definition) is 2. The summed E-state index contributed by atoms with van der Waals surface area (Å²) in [6, 6.07) is 4.28. The molecule has 0 saturated heterocycles. The van der Waals surface area contributed by atoms with Gasteiger partial charge in [-0.2, -0.15) is 0 Å². The van der Waals surface area contributed by atoms with Crippen LogP contribution in [0.4, 0.5) is 4.39 Å². The van der Waals surface area contributed by atoms with Crippen LogP contribution in [-0.4, -0.2) is 24.2 Å². The molecule has 0 saturated carbocycles. The lowest BCUT2D eigenvalue weighted by Gasteiger charge is -2.21. The first kappa shape index (κ1) is 15.4. The zero-order valence-electron chi connectivity index (χ0n) is 11.4. The normalized spacial score (nSPS) is 13.9. The Morgan fingerprint density at radius 3 is 2.74 bits per heavy atom. The van der Waals surface area contributed by atoms with Crippen LogP contribution in [0.1, 0.15) is 38.3 Å². The summed E-state index contributed by atoms with van der Waals surface area (Å²) in [5, 5.41) is 11.9. The fourth-order valence-corrected chi connectivity index (χ4v) is 1.98. The quantitative estimate of drug-likeness (QED) is 0.799. The molecule has 0 amide bonds. The van der Waals surface area contributed by atoms with E-state index < -0.39 is 5.97 Å². The number of rotatable bonds is 7. The molecule has 0 aliphatic heterocycles. The number of ether oxygens (including phenoxy) is 1. The van der Waals surface area contributed by atoms with Crippen LogP contribution in [-0.2, 0) is 4.79 Å². The van der Waals surface area contributed by atoms with E-state index in [0.717, 1.165) is 5.56 Å². The van der Waals surface area contributed by atoms with Crippen LogP contribution in [0.3, 0.4) is 0 Å². The number of methoxy groups -OCH3 is 1. The summed E-state index contributed by atoms with van der Waals surface area (Å²) < 4.78 is 18.5. The lowest BCUT2D eigenvalue weighted by Crippen LogP contribution is -2.29. The fraction of sp³-hybridized carbons (Fsp3) is 0.500. The van der Waals surface area contributed by atoms with Crippen molar-refractivity contribution in [3.05, 3.63) is 29.6 Å². The van der Waals surface area contributed by atoms with Gasteiger partial charge in [0, 0.05) is 24.1 Å². The predicted molar refractivity (Wildman–Crippen MR) is 70.8 cm³/mol. The van der Waals surface area contributed by atoms with Crippen molar-refractivity contribution >= 4 is 5.97 Å². The molecule has 2 N–H and O–H groups in total. The van der Waals surface area contributed by atoms with Gasteiger partial charge >= 0.3 is 5.97 Å². The first-order valence-corrected chi connectivity index (χ1v) is 6.25. The summed E-state index contributed by atoms with van der Waals surface area (Å²) in [6.45, 7) is 3.81. The molecule has 1 rings (SSSR count). The van der Waals surface area contributed by atoms with Crippen molar-refractivity contribution in [3.63, 3.8) is 0 Å². The van der Waals surface area contributed by atoms with Crippen LogP contribution in [0.5, 0.6) is 5.75 Å². The summed E-state index contributed by atoms with van der Waals surface area (Å²) in [7, 11) is 1.54. The second-order valence-electron chi connectivity index (χ2n) is 4.61. The smallest absolute Gasteiger partial charge is 0.303 e. The molecular weight excluding hydrogens is 249 g/mol. The van der Waals surface area contributed by atoms with Crippen LogP contribution in [0.15, 0.2) is 18.2 Å². The Bertz CT molecular complexity index is 437. The highest BCUT2D eigenvalue weighted by Crippen LogP contribution is 2.26. The second kappa shape index (κ2) is 7.09. The van der Waals surface area contributed by atoms with Gasteiger partial charge < -0.3 is 15.2 Å². The first-order valence-electron chi connectivity index (χ1n) is 6.25. The average molecular weight is 269 g/mol. The first-order chi connectivity index (χ1) is 8.93. The third-order valence-corrected chi connectivity index (χ3v) is 2.98. The van der Waals surface area contributed by atoms with Crippen molar-refractivity contribution in [1.82, 2.24) is 5.32 Å². The molecule has 0 spiro atoms. The molecule has 4 nitrogen and oxygen atoms in total. The Morgan fingerprint density at radius 1 is 1.47 bits per heavy atom. The van der Waals surface area contributed by atoms with Gasteiger partial charge in [0.25, 0.3) is 0 Å². The molecule has 2 atom stereocenters. The van der Waals surface area contributed by atoms with E-state index in [9.17, 15) is 9.18 Å². The van der Waals surface area contributed by atoms with E-state index in [1.54, 1.807) is 6.07 Å². The summed E-state index contributed by atoms with van der Waals surface area (Å²) >= 11 is 0. The van der Waals surface area contributed by atoms with E-state index in [1.165, 1.54) is 19.2 Å². The van der Waals surface area contributed by atoms with Gasteiger partial charge in [-0.25, -0.2) is 4.39 Å². The van der Waals surface area contributed by atoms with Crippen LogP contribution in [0, 0.1) is 5.82 Å². The minimum absolute atomic E-state index is 0.0269. The monoisotopic (exact) mass is 269 g/mol. The maximum Gasteiger partial charge on any atom is 0.303 e. The molecule has 0 aliphatic rings. The van der Waals surface area contributed by atoms with Crippen LogP contribution in [0.25, 0.3) is 0 Å². The number of aliphatic carboxylic acids is 1. The zero-order valence-corrected chi connectivity index (χ0v) is 11.4. The molecule has 0 heterocycles. The van der Waals surface area contributed by atoms with Gasteiger partial charge in [-0.15, -0.1) is 0 Å². The lowest BCUT2D eigenvalue weighted by atomic mass is 10.0. The number of carboxylic acid groups (broad SMARTS) is 1. The number of nitrogens with one attached hydrogen (secondary N) is 1. The largest absolute Gasteiger partial charge is 0.496 e. The molecule has 0 bridgehead atoms. The average Bonchev–Trinajstić information content (AvgIpc) is 2.36. The van der Waals surface area contributed by atoms with Gasteiger partial charge in [-0.1, -0.05) is 0 Å². The molecule has 1 aromatic rings. The fourth-order valence-electron chi connectivity index (χ4n) is 1.98. The maximum absolute atomic E-state index is 13.3. The number of carbonyl (C=O) groups is 1. The Labute approximate surface area is 112 Å². The van der Waals surface area contributed by atoms with E-state index >= 15 is 0 Å². The van der Waals surface area contributed by atoms with Crippen LogP contribution < -0.4 is 10.1 Å². The molecule has 0 aromatic heterocycles. The molecular formula is C14H20FNO3. The van der Waals surface area contributed by atoms with Gasteiger partial charge in [-0.05, 0) is 38.5 Å². The van der Waals surface area contributed by atoms with Crippen molar-refractivity contribution in [3.8, 4) is 5.75 Å². The second-order valence-corrected chi connectivity index (χ2v) is 4.61. The van der Waals surface area contributed by atoms with Crippen molar-refractivity contribution in [2.45, 2.75) is 38.8 Å². The van der Waals surface area contributed by atoms with Crippen molar-refractivity contribution < 1.29 is 19.0 Å². The standard InChI is InChI=1S/C14H20FNO3/c1-9(4-7-14(17)18)16-10(2)12-8-11(15)5-6-13(12)19-3/h5-6,8-10,16H,4,7H2,1-3H3,(H,17,18). The maximum atomic E-state index is 13.3. The molecule has 1 aromatic carbocycles. The topological polar surface area (TPSA) is 58.6 Å². The summed E-state index contributed by atoms with van der Waals surface area (Å²) in [5.74, 6) is -0.515. The lowest BCUT2D eigenvalue weighted by molar-refractivity contribution is -0.137. The number of carboxylic acids is 1. The minimum Gasteiger partial charge on any atom is -0.496 e. The van der Waals surface area contributed by atoms with Crippen molar-refractivity contribution in [2.75, 3.05) is 7.11 Å². The van der Waals surface area contributed by atoms with Crippen molar-refractivity contribution in [2.24, 2.45) is 0 Å². The highest BCUT2D eigenvalue weighted by atomic mass is 19.1. The number of halogens is 1. The van der Waals surface area contributed by atoms with E-state index in [2.05, 4.69) is 5.32 Å². The Kier molecular flexibility index (Phi) is 5.76. The Hall–Kier alpha value is -1.62. The predicted octanol–water partition coefficient (Wildman–Crippen LogP) is 2.74. The van der Waals surface area contributed by atoms with E-state index in [-0.39, 0.29) is 24.3 Å². The highest BCUT2D eigenvalue weighted by molar-refractivity contribution is 5.66. The third-order valence-electron chi connectivity index (χ3n) is 2.98. The van der Waals surface area contributed by atoms with E-state index in [0.29, 0.717) is 12.2 Å². The van der Waals surface area contributed by atoms with Gasteiger partial charge in [0.1, 0.15) is 11.6 Å². The van der Waals surface area contributed by atoms with Crippen molar-refractivity contribution in [1.29, 1.82) is 0 Å². The molecule has 0 fully saturated rings. The van der Waals surface area contributed by atoms with Gasteiger partial charge in [0.05, 0.1) is 7.11 Å². The van der Waals surface area contributed by atoms with E-state index in [4.69, 9.17) is 9.84 Å². The van der Waals surface area contributed by atoms with Gasteiger partial charge in [0.15, 0.2) is 0 Å². The highest BCUT2D eigenvalue weighted by Gasteiger charge is 2.15. The minimum atomic E-state index is -0.815. The molecule has 5 heteroatoms. The molecule has 106 valence electrons. The third kappa shape index (κ3) is 4.87.